The molecule has 23 heavy (non-hydrogen) atoms. The average molecular weight is 329 g/mol. The molecule has 0 bridgehead atoms. The highest BCUT2D eigenvalue weighted by molar-refractivity contribution is 7.14. The smallest absolute Gasteiger partial charge is 0.281 e. The molecule has 122 valence electrons. The molecule has 1 amide bonds. The average Bonchev–Trinajstić information content (AvgIpc) is 3.09. The van der Waals surface area contributed by atoms with Crippen molar-refractivity contribution < 1.29 is 4.79 Å². The predicted octanol–water partition coefficient (Wildman–Crippen LogP) is 3.97. The van der Waals surface area contributed by atoms with Gasteiger partial charge in [0.05, 0.1) is 11.1 Å². The van der Waals surface area contributed by atoms with E-state index in [1.54, 1.807) is 17.6 Å². The molecule has 1 aliphatic rings. The maximum absolute atomic E-state index is 12.3. The lowest BCUT2D eigenvalue weighted by molar-refractivity contribution is 0.0959. The van der Waals surface area contributed by atoms with Gasteiger partial charge in [-0.3, -0.25) is 4.79 Å². The van der Waals surface area contributed by atoms with Crippen LogP contribution in [0.1, 0.15) is 56.8 Å². The molecular formula is C18H23N3OS. The number of hydrogen-bond acceptors (Lipinski definition) is 3. The molecule has 1 aliphatic carbocycles. The number of carbonyl (C=O) groups is 1. The molecule has 1 atom stereocenters. The Morgan fingerprint density at radius 1 is 1.48 bits per heavy atom. The molecule has 0 radical (unpaired) electrons. The van der Waals surface area contributed by atoms with Gasteiger partial charge in [0.1, 0.15) is 0 Å². The molecule has 2 heterocycles. The number of hydrazone groups is 1. The van der Waals surface area contributed by atoms with Crippen LogP contribution in [0.3, 0.4) is 0 Å². The number of aryl methyl sites for hydroxylation is 3. The minimum atomic E-state index is -0.112. The highest BCUT2D eigenvalue weighted by Crippen LogP contribution is 2.33. The van der Waals surface area contributed by atoms with Crippen molar-refractivity contribution >= 4 is 23.5 Å². The number of aromatic nitrogens is 1. The van der Waals surface area contributed by atoms with E-state index in [0.717, 1.165) is 40.6 Å². The summed E-state index contributed by atoms with van der Waals surface area (Å²) in [4.78, 5) is 17.6. The molecular weight excluding hydrogens is 306 g/mol. The van der Waals surface area contributed by atoms with Crippen molar-refractivity contribution in [2.45, 2.75) is 46.5 Å². The van der Waals surface area contributed by atoms with Crippen molar-refractivity contribution in [3.63, 3.8) is 0 Å². The summed E-state index contributed by atoms with van der Waals surface area (Å²) in [6.07, 6.45) is 6.38. The van der Waals surface area contributed by atoms with Gasteiger partial charge in [-0.15, -0.1) is 11.3 Å². The van der Waals surface area contributed by atoms with Gasteiger partial charge >= 0.3 is 0 Å². The first-order valence-electron chi connectivity index (χ1n) is 8.18. The Morgan fingerprint density at radius 2 is 2.30 bits per heavy atom. The minimum absolute atomic E-state index is 0.112. The van der Waals surface area contributed by atoms with Gasteiger partial charge in [-0.1, -0.05) is 13.3 Å². The zero-order valence-electron chi connectivity index (χ0n) is 13.9. The first kappa shape index (κ1) is 16.0. The fourth-order valence-electron chi connectivity index (χ4n) is 3.15. The molecule has 0 aliphatic heterocycles. The second kappa shape index (κ2) is 6.71. The summed E-state index contributed by atoms with van der Waals surface area (Å²) in [5, 5.41) is 4.09. The van der Waals surface area contributed by atoms with Crippen LogP contribution in [0.5, 0.6) is 0 Å². The van der Waals surface area contributed by atoms with Crippen LogP contribution >= 0.6 is 11.3 Å². The van der Waals surface area contributed by atoms with Crippen molar-refractivity contribution in [2.24, 2.45) is 11.0 Å². The molecule has 3 rings (SSSR count). The number of rotatable bonds is 4. The SMILES string of the molecule is CC[C@H]1CCc2sc(C(=O)N/N=C/c3cc(C)[nH]c3C)cc2C1. The summed E-state index contributed by atoms with van der Waals surface area (Å²) < 4.78 is 0. The summed E-state index contributed by atoms with van der Waals surface area (Å²) in [6.45, 7) is 6.24. The van der Waals surface area contributed by atoms with Crippen LogP contribution in [0.25, 0.3) is 0 Å². The third-order valence-electron chi connectivity index (χ3n) is 4.55. The lowest BCUT2D eigenvalue weighted by Gasteiger charge is -2.19. The van der Waals surface area contributed by atoms with Gasteiger partial charge in [0.15, 0.2) is 0 Å². The number of carbonyl (C=O) groups excluding carboxylic acids is 1. The van der Waals surface area contributed by atoms with Crippen LogP contribution in [0.2, 0.25) is 0 Å². The van der Waals surface area contributed by atoms with Gasteiger partial charge in [-0.05, 0) is 56.7 Å². The number of fused-ring (bicyclic) bond motifs is 1. The summed E-state index contributed by atoms with van der Waals surface area (Å²) in [7, 11) is 0. The topological polar surface area (TPSA) is 57.2 Å². The maximum atomic E-state index is 12.3. The van der Waals surface area contributed by atoms with E-state index in [-0.39, 0.29) is 5.91 Å². The molecule has 2 aromatic heterocycles. The van der Waals surface area contributed by atoms with Crippen molar-refractivity contribution in [2.75, 3.05) is 0 Å². The lowest BCUT2D eigenvalue weighted by Crippen LogP contribution is -2.16. The number of amides is 1. The molecule has 0 fully saturated rings. The van der Waals surface area contributed by atoms with Crippen LogP contribution in [0.4, 0.5) is 0 Å². The van der Waals surface area contributed by atoms with Gasteiger partial charge in [0, 0.05) is 21.8 Å². The molecule has 0 saturated carbocycles. The third-order valence-corrected chi connectivity index (χ3v) is 5.78. The number of aromatic amines is 1. The zero-order valence-corrected chi connectivity index (χ0v) is 14.7. The van der Waals surface area contributed by atoms with Gasteiger partial charge in [-0.2, -0.15) is 5.10 Å². The van der Waals surface area contributed by atoms with Crippen LogP contribution < -0.4 is 5.43 Å². The summed E-state index contributed by atoms with van der Waals surface area (Å²) >= 11 is 1.62. The number of hydrogen-bond donors (Lipinski definition) is 2. The fraction of sp³-hybridized carbons (Fsp3) is 0.444. The second-order valence-electron chi connectivity index (χ2n) is 6.31. The Labute approximate surface area is 141 Å². The largest absolute Gasteiger partial charge is 0.362 e. The third kappa shape index (κ3) is 3.55. The molecule has 0 spiro atoms. The standard InChI is InChI=1S/C18H23N3OS/c1-4-13-5-6-16-14(8-13)9-17(23-16)18(22)21-19-10-15-7-11(2)20-12(15)3/h7,9-10,13,20H,4-6,8H2,1-3H3,(H,21,22)/b19-10+/t13-/m0/s1. The van der Waals surface area contributed by atoms with Crippen molar-refractivity contribution in [1.29, 1.82) is 0 Å². The van der Waals surface area contributed by atoms with Gasteiger partial charge in [-0.25, -0.2) is 5.43 Å². The van der Waals surface area contributed by atoms with Crippen molar-refractivity contribution in [3.8, 4) is 0 Å². The maximum Gasteiger partial charge on any atom is 0.281 e. The molecule has 5 heteroatoms. The van der Waals surface area contributed by atoms with E-state index in [1.165, 1.54) is 23.3 Å². The number of thiophene rings is 1. The predicted molar refractivity (Wildman–Crippen MR) is 95.5 cm³/mol. The minimum Gasteiger partial charge on any atom is -0.362 e. The summed E-state index contributed by atoms with van der Waals surface area (Å²) in [5.41, 5.74) is 7.15. The van der Waals surface area contributed by atoms with E-state index in [9.17, 15) is 4.79 Å². The van der Waals surface area contributed by atoms with Gasteiger partial charge in [0.2, 0.25) is 0 Å². The summed E-state index contributed by atoms with van der Waals surface area (Å²) in [6, 6.07) is 4.07. The second-order valence-corrected chi connectivity index (χ2v) is 7.44. The van der Waals surface area contributed by atoms with E-state index in [4.69, 9.17) is 0 Å². The fourth-order valence-corrected chi connectivity index (χ4v) is 4.25. The normalized spacial score (nSPS) is 17.4. The lowest BCUT2D eigenvalue weighted by atomic mass is 9.87. The Hall–Kier alpha value is -1.88. The Kier molecular flexibility index (Phi) is 4.66. The van der Waals surface area contributed by atoms with Gasteiger partial charge in [0.25, 0.3) is 5.91 Å². The van der Waals surface area contributed by atoms with Crippen LogP contribution in [0.15, 0.2) is 17.2 Å². The molecule has 0 unspecified atom stereocenters. The number of nitrogens with zero attached hydrogens (tertiary/aromatic N) is 1. The van der Waals surface area contributed by atoms with Crippen molar-refractivity contribution in [1.82, 2.24) is 10.4 Å². The monoisotopic (exact) mass is 329 g/mol. The summed E-state index contributed by atoms with van der Waals surface area (Å²) in [5.74, 6) is 0.657. The molecule has 4 nitrogen and oxygen atoms in total. The molecule has 0 saturated heterocycles. The number of nitrogens with one attached hydrogen (secondary N) is 2. The highest BCUT2D eigenvalue weighted by atomic mass is 32.1. The quantitative estimate of drug-likeness (QED) is 0.647. The molecule has 0 aromatic carbocycles. The van der Waals surface area contributed by atoms with E-state index >= 15 is 0 Å². The Bertz CT molecular complexity index is 742. The van der Waals surface area contributed by atoms with Crippen LogP contribution in [0, 0.1) is 19.8 Å². The van der Waals surface area contributed by atoms with E-state index in [0.29, 0.717) is 0 Å². The van der Waals surface area contributed by atoms with Crippen molar-refractivity contribution in [3.05, 3.63) is 44.4 Å². The van der Waals surface area contributed by atoms with E-state index in [2.05, 4.69) is 28.5 Å². The Morgan fingerprint density at radius 3 is 3.00 bits per heavy atom. The first-order chi connectivity index (χ1) is 11.1. The Balaban J connectivity index is 1.65. The highest BCUT2D eigenvalue weighted by Gasteiger charge is 2.21. The van der Waals surface area contributed by atoms with Crippen LogP contribution in [-0.2, 0) is 12.8 Å². The van der Waals surface area contributed by atoms with E-state index in [1.807, 2.05) is 19.9 Å². The van der Waals surface area contributed by atoms with Gasteiger partial charge < -0.3 is 4.98 Å². The number of H-pyrrole nitrogens is 1. The molecule has 2 aromatic rings. The molecule has 2 N–H and O–H groups in total. The van der Waals surface area contributed by atoms with E-state index < -0.39 is 0 Å². The first-order valence-corrected chi connectivity index (χ1v) is 8.99. The zero-order chi connectivity index (χ0) is 16.4. The van der Waals surface area contributed by atoms with Crippen LogP contribution in [-0.4, -0.2) is 17.1 Å².